The average molecular weight is 493 g/mol. The molecule has 34 heavy (non-hydrogen) atoms. The molecule has 12 heteroatoms. The lowest BCUT2D eigenvalue weighted by molar-refractivity contribution is -0.138. The van der Waals surface area contributed by atoms with Gasteiger partial charge in [-0.3, -0.25) is 10.1 Å². The number of aliphatic hydroxyl groups is 1. The molecule has 1 amide bonds. The van der Waals surface area contributed by atoms with E-state index in [1.165, 1.54) is 25.2 Å². The molecular formula is C22H19F4N5O2S. The molecule has 2 aromatic rings. The second-order valence-electron chi connectivity index (χ2n) is 8.10. The zero-order valence-electron chi connectivity index (χ0n) is 17.9. The summed E-state index contributed by atoms with van der Waals surface area (Å²) in [5.74, 6) is -1.18. The highest BCUT2D eigenvalue weighted by molar-refractivity contribution is 7.80. The first-order valence-electron chi connectivity index (χ1n) is 10.3. The molecule has 1 saturated carbocycles. The summed E-state index contributed by atoms with van der Waals surface area (Å²) in [6.45, 7) is -0.219. The lowest BCUT2D eigenvalue weighted by Gasteiger charge is -2.55. The van der Waals surface area contributed by atoms with E-state index >= 15 is 0 Å². The maximum absolute atomic E-state index is 14.7. The van der Waals surface area contributed by atoms with Crippen LogP contribution in [0.1, 0.15) is 42.3 Å². The predicted molar refractivity (Wildman–Crippen MR) is 118 cm³/mol. The molecule has 0 bridgehead atoms. The van der Waals surface area contributed by atoms with Gasteiger partial charge in [-0.05, 0) is 44.5 Å². The molecule has 1 aromatic heterocycles. The maximum Gasteiger partial charge on any atom is 0.419 e. The van der Waals surface area contributed by atoms with Crippen molar-refractivity contribution in [3.63, 3.8) is 0 Å². The van der Waals surface area contributed by atoms with Gasteiger partial charge in [0.05, 0.1) is 24.0 Å². The van der Waals surface area contributed by atoms with Crippen molar-refractivity contribution < 1.29 is 27.5 Å². The quantitative estimate of drug-likeness (QED) is 0.383. The third-order valence-corrected chi connectivity index (χ3v) is 6.51. The molecule has 1 spiro atoms. The smallest absolute Gasteiger partial charge is 0.374 e. The van der Waals surface area contributed by atoms with Gasteiger partial charge in [0.15, 0.2) is 5.69 Å². The van der Waals surface area contributed by atoms with Crippen LogP contribution in [0.15, 0.2) is 30.5 Å². The second-order valence-corrected chi connectivity index (χ2v) is 8.57. The summed E-state index contributed by atoms with van der Waals surface area (Å²) in [6, 6.07) is 6.24. The van der Waals surface area contributed by atoms with Gasteiger partial charge in [-0.1, -0.05) is 18.3 Å². The van der Waals surface area contributed by atoms with E-state index < -0.39 is 40.9 Å². The number of aromatic nitrogens is 1. The zero-order valence-corrected chi connectivity index (χ0v) is 18.7. The number of halogens is 4. The van der Waals surface area contributed by atoms with Gasteiger partial charge in [-0.2, -0.15) is 18.4 Å². The predicted octanol–water partition coefficient (Wildman–Crippen LogP) is 3.42. The molecule has 1 unspecified atom stereocenters. The number of nitrogens with zero attached hydrogens (tertiary/aromatic N) is 4. The van der Waals surface area contributed by atoms with Crippen LogP contribution in [-0.2, 0) is 11.0 Å². The number of hydrogen-bond acceptors (Lipinski definition) is 6. The van der Waals surface area contributed by atoms with E-state index in [1.807, 2.05) is 0 Å². The molecule has 4 rings (SSSR count). The molecule has 0 radical (unpaired) electrons. The van der Waals surface area contributed by atoms with Gasteiger partial charge in [0.1, 0.15) is 28.6 Å². The first-order valence-corrected chi connectivity index (χ1v) is 10.7. The van der Waals surface area contributed by atoms with Crippen LogP contribution in [0.2, 0.25) is 0 Å². The van der Waals surface area contributed by atoms with Crippen molar-refractivity contribution >= 4 is 34.5 Å². The first-order chi connectivity index (χ1) is 16.0. The largest absolute Gasteiger partial charge is 0.419 e. The van der Waals surface area contributed by atoms with Crippen molar-refractivity contribution in [2.24, 2.45) is 0 Å². The number of aliphatic hydroxyl groups excluding tert-OH is 1. The Kier molecular flexibility index (Phi) is 6.05. The number of rotatable bonds is 4. The minimum absolute atomic E-state index is 0.0214. The summed E-state index contributed by atoms with van der Waals surface area (Å²) in [5.41, 5.74) is -2.98. The Morgan fingerprint density at radius 3 is 2.53 bits per heavy atom. The van der Waals surface area contributed by atoms with Gasteiger partial charge in [0, 0.05) is 11.3 Å². The third-order valence-electron chi connectivity index (χ3n) is 6.20. The van der Waals surface area contributed by atoms with Crippen LogP contribution in [0.25, 0.3) is 0 Å². The minimum atomic E-state index is -4.83. The molecule has 1 aliphatic carbocycles. The number of carbonyl (C=O) groups is 1. The van der Waals surface area contributed by atoms with Crippen molar-refractivity contribution in [1.82, 2.24) is 10.3 Å². The second kappa shape index (κ2) is 8.57. The molecule has 2 heterocycles. The Bertz CT molecular complexity index is 1210. The van der Waals surface area contributed by atoms with Crippen LogP contribution in [0.3, 0.4) is 0 Å². The van der Waals surface area contributed by atoms with Crippen LogP contribution in [0, 0.1) is 17.1 Å². The van der Waals surface area contributed by atoms with Crippen molar-refractivity contribution in [2.75, 3.05) is 23.4 Å². The monoisotopic (exact) mass is 493 g/mol. The average Bonchev–Trinajstić information content (AvgIpc) is 2.77. The molecule has 1 atom stereocenters. The van der Waals surface area contributed by atoms with E-state index in [-0.39, 0.29) is 22.8 Å². The number of thiocarbonyl (C=S) groups is 1. The highest BCUT2D eigenvalue weighted by Gasteiger charge is 2.56. The first kappa shape index (κ1) is 24.0. The minimum Gasteiger partial charge on any atom is -0.374 e. The lowest BCUT2D eigenvalue weighted by atomic mass is 9.72. The van der Waals surface area contributed by atoms with E-state index in [1.54, 1.807) is 11.0 Å². The standard InChI is InChI=1S/C22H19F4N5O2S/c1-28-19(32)14-4-3-12(8-16(14)23)31-18(34)11-30(20(33)21(31)5-2-6-21)13-7-15(22(24,25)26)17(9-27)29-10-13/h3-4,7-8,10,19,28,32H,2,5-6,11H2,1H3. The lowest BCUT2D eigenvalue weighted by Crippen LogP contribution is -2.71. The highest BCUT2D eigenvalue weighted by Crippen LogP contribution is 2.46. The summed E-state index contributed by atoms with van der Waals surface area (Å²) in [4.78, 5) is 20.1. The molecule has 1 aliphatic heterocycles. The normalized spacial score (nSPS) is 18.6. The number of pyridine rings is 1. The summed E-state index contributed by atoms with van der Waals surface area (Å²) in [6.07, 6.45) is -3.57. The van der Waals surface area contributed by atoms with Gasteiger partial charge in [-0.25, -0.2) is 9.37 Å². The zero-order chi connectivity index (χ0) is 24.8. The number of nitrogens with one attached hydrogen (secondary N) is 1. The number of alkyl halides is 3. The fraction of sp³-hybridized carbons (Fsp3) is 0.364. The SMILES string of the molecule is CNC(O)c1ccc(N2C(=S)CN(c3cnc(C#N)c(C(F)(F)F)c3)C(=O)C23CCC3)cc1F. The van der Waals surface area contributed by atoms with Gasteiger partial charge < -0.3 is 14.9 Å². The number of piperazine rings is 1. The van der Waals surface area contributed by atoms with E-state index in [0.717, 1.165) is 17.2 Å². The van der Waals surface area contributed by atoms with Crippen LogP contribution in [0.4, 0.5) is 28.9 Å². The van der Waals surface area contributed by atoms with Gasteiger partial charge in [0.25, 0.3) is 5.91 Å². The van der Waals surface area contributed by atoms with Crippen LogP contribution >= 0.6 is 12.2 Å². The fourth-order valence-electron chi connectivity index (χ4n) is 4.35. The molecule has 2 aliphatic rings. The van der Waals surface area contributed by atoms with Crippen LogP contribution < -0.4 is 15.1 Å². The van der Waals surface area contributed by atoms with E-state index in [9.17, 15) is 27.5 Å². The van der Waals surface area contributed by atoms with Gasteiger partial charge in [0.2, 0.25) is 0 Å². The van der Waals surface area contributed by atoms with Gasteiger partial charge in [-0.15, -0.1) is 0 Å². The fourth-order valence-corrected chi connectivity index (χ4v) is 4.76. The number of amides is 1. The molecule has 1 aromatic carbocycles. The number of carbonyl (C=O) groups excluding carboxylic acids is 1. The Balaban J connectivity index is 1.73. The molecule has 7 nitrogen and oxygen atoms in total. The molecule has 2 N–H and O–H groups in total. The summed E-state index contributed by atoms with van der Waals surface area (Å²) in [7, 11) is 1.47. The van der Waals surface area contributed by atoms with E-state index in [4.69, 9.17) is 17.5 Å². The summed E-state index contributed by atoms with van der Waals surface area (Å²) in [5, 5.41) is 21.4. The van der Waals surface area contributed by atoms with Crippen molar-refractivity contribution in [1.29, 1.82) is 5.26 Å². The molecule has 2 fully saturated rings. The Hall–Kier alpha value is -3.14. The van der Waals surface area contributed by atoms with Crippen molar-refractivity contribution in [2.45, 2.75) is 37.2 Å². The van der Waals surface area contributed by atoms with E-state index in [2.05, 4.69) is 10.3 Å². The van der Waals surface area contributed by atoms with Crippen LogP contribution in [-0.4, -0.2) is 40.1 Å². The number of benzene rings is 1. The topological polar surface area (TPSA) is 92.5 Å². The number of anilines is 2. The highest BCUT2D eigenvalue weighted by atomic mass is 32.1. The summed E-state index contributed by atoms with van der Waals surface area (Å²) < 4.78 is 55.0. The van der Waals surface area contributed by atoms with Gasteiger partial charge >= 0.3 is 6.18 Å². The summed E-state index contributed by atoms with van der Waals surface area (Å²) >= 11 is 5.55. The Labute approximate surface area is 197 Å². The molecule has 1 saturated heterocycles. The van der Waals surface area contributed by atoms with Crippen molar-refractivity contribution in [3.05, 3.63) is 53.1 Å². The van der Waals surface area contributed by atoms with Crippen LogP contribution in [0.5, 0.6) is 0 Å². The maximum atomic E-state index is 14.7. The number of hydrogen-bond donors (Lipinski definition) is 2. The molecular weight excluding hydrogens is 474 g/mol. The Morgan fingerprint density at radius 2 is 2.00 bits per heavy atom. The third kappa shape index (κ3) is 3.79. The Morgan fingerprint density at radius 1 is 1.29 bits per heavy atom. The van der Waals surface area contributed by atoms with Crippen molar-refractivity contribution in [3.8, 4) is 6.07 Å². The number of nitriles is 1. The van der Waals surface area contributed by atoms with E-state index in [0.29, 0.717) is 24.9 Å². The molecule has 178 valence electrons.